The summed E-state index contributed by atoms with van der Waals surface area (Å²) < 4.78 is 5.18. The summed E-state index contributed by atoms with van der Waals surface area (Å²) in [5, 5.41) is 5.85. The van der Waals surface area contributed by atoms with Gasteiger partial charge in [-0.15, -0.1) is 0 Å². The van der Waals surface area contributed by atoms with Gasteiger partial charge in [-0.25, -0.2) is 4.79 Å². The van der Waals surface area contributed by atoms with Crippen molar-refractivity contribution in [3.8, 4) is 5.75 Å². The van der Waals surface area contributed by atoms with Crippen molar-refractivity contribution >= 4 is 17.6 Å². The number of rotatable bonds is 5. The molecule has 0 spiro atoms. The maximum atomic E-state index is 12.6. The monoisotopic (exact) mass is 319 g/mol. The van der Waals surface area contributed by atoms with Crippen LogP contribution in [0.5, 0.6) is 5.75 Å². The summed E-state index contributed by atoms with van der Waals surface area (Å²) >= 11 is 0. The highest BCUT2D eigenvalue weighted by Gasteiger charge is 2.26. The molecule has 1 atom stereocenters. The minimum absolute atomic E-state index is 0.0348. The van der Waals surface area contributed by atoms with Gasteiger partial charge in [-0.1, -0.05) is 0 Å². The molecule has 0 aromatic heterocycles. The van der Waals surface area contributed by atoms with Crippen LogP contribution in [0.2, 0.25) is 0 Å². The van der Waals surface area contributed by atoms with Gasteiger partial charge < -0.3 is 20.3 Å². The molecule has 2 rings (SSSR count). The fraction of sp³-hybridized carbons (Fsp3) is 0.529. The fourth-order valence-electron chi connectivity index (χ4n) is 2.67. The fourth-order valence-corrected chi connectivity index (χ4v) is 2.67. The van der Waals surface area contributed by atoms with E-state index in [1.807, 2.05) is 39.0 Å². The molecule has 1 fully saturated rings. The van der Waals surface area contributed by atoms with Crippen LogP contribution in [0.15, 0.2) is 18.2 Å². The Morgan fingerprint density at radius 3 is 2.74 bits per heavy atom. The summed E-state index contributed by atoms with van der Waals surface area (Å²) in [7, 11) is 1.61. The van der Waals surface area contributed by atoms with Crippen LogP contribution >= 0.6 is 0 Å². The number of anilines is 1. The Balaban J connectivity index is 2.04. The Morgan fingerprint density at radius 1 is 1.48 bits per heavy atom. The zero-order chi connectivity index (χ0) is 17.0. The molecular weight excluding hydrogens is 294 g/mol. The van der Waals surface area contributed by atoms with E-state index < -0.39 is 0 Å². The van der Waals surface area contributed by atoms with E-state index in [4.69, 9.17) is 4.74 Å². The van der Waals surface area contributed by atoms with E-state index in [1.54, 1.807) is 12.0 Å². The van der Waals surface area contributed by atoms with Crippen molar-refractivity contribution in [1.82, 2.24) is 10.2 Å². The molecule has 23 heavy (non-hydrogen) atoms. The Bertz CT molecular complexity index is 586. The predicted molar refractivity (Wildman–Crippen MR) is 89.8 cm³/mol. The molecule has 1 aromatic carbocycles. The lowest BCUT2D eigenvalue weighted by Gasteiger charge is -2.29. The molecule has 1 aliphatic rings. The third-order valence-electron chi connectivity index (χ3n) is 4.06. The molecule has 1 aliphatic heterocycles. The molecule has 1 aromatic rings. The lowest BCUT2D eigenvalue weighted by Crippen LogP contribution is -2.47. The van der Waals surface area contributed by atoms with Gasteiger partial charge in [0.05, 0.1) is 7.11 Å². The summed E-state index contributed by atoms with van der Waals surface area (Å²) in [6, 6.07) is 5.46. The maximum Gasteiger partial charge on any atom is 0.322 e. The first kappa shape index (κ1) is 17.1. The number of urea groups is 1. The number of carbonyl (C=O) groups excluding carboxylic acids is 2. The molecule has 1 saturated heterocycles. The number of aryl methyl sites for hydroxylation is 1. The maximum absolute atomic E-state index is 12.6. The average molecular weight is 319 g/mol. The standard InChI is InChI=1S/C17H25N3O3/c1-11(2)20(10-13-5-8-16(21)18-13)17(22)19-15-7-6-14(23-4)9-12(15)3/h6-7,9,11,13H,5,8,10H2,1-4H3,(H,18,21)(H,19,22)/t13-/m1/s1. The number of ether oxygens (including phenoxy) is 1. The number of hydrogen-bond donors (Lipinski definition) is 2. The van der Waals surface area contributed by atoms with Crippen LogP contribution in [0.1, 0.15) is 32.3 Å². The highest BCUT2D eigenvalue weighted by atomic mass is 16.5. The Hall–Kier alpha value is -2.24. The molecule has 6 heteroatoms. The van der Waals surface area contributed by atoms with Gasteiger partial charge >= 0.3 is 6.03 Å². The predicted octanol–water partition coefficient (Wildman–Crippen LogP) is 2.52. The molecule has 2 N–H and O–H groups in total. The Morgan fingerprint density at radius 2 is 2.22 bits per heavy atom. The smallest absolute Gasteiger partial charge is 0.322 e. The number of methoxy groups -OCH3 is 1. The zero-order valence-electron chi connectivity index (χ0n) is 14.2. The number of benzene rings is 1. The van der Waals surface area contributed by atoms with Crippen LogP contribution in [-0.2, 0) is 4.79 Å². The highest BCUT2D eigenvalue weighted by Crippen LogP contribution is 2.22. The van der Waals surface area contributed by atoms with Crippen LogP contribution in [0.3, 0.4) is 0 Å². The molecular formula is C17H25N3O3. The van der Waals surface area contributed by atoms with Crippen molar-refractivity contribution in [3.63, 3.8) is 0 Å². The van der Waals surface area contributed by atoms with Gasteiger partial charge in [-0.3, -0.25) is 4.79 Å². The lowest BCUT2D eigenvalue weighted by atomic mass is 10.2. The van der Waals surface area contributed by atoms with E-state index in [9.17, 15) is 9.59 Å². The first-order chi connectivity index (χ1) is 10.9. The van der Waals surface area contributed by atoms with Gasteiger partial charge in [0.15, 0.2) is 0 Å². The highest BCUT2D eigenvalue weighted by molar-refractivity contribution is 5.90. The summed E-state index contributed by atoms with van der Waals surface area (Å²) in [6.07, 6.45) is 1.31. The second-order valence-electron chi connectivity index (χ2n) is 6.16. The largest absolute Gasteiger partial charge is 0.497 e. The molecule has 0 bridgehead atoms. The second-order valence-corrected chi connectivity index (χ2v) is 6.16. The summed E-state index contributed by atoms with van der Waals surface area (Å²) in [5.74, 6) is 0.819. The van der Waals surface area contributed by atoms with Crippen molar-refractivity contribution in [2.45, 2.75) is 45.7 Å². The van der Waals surface area contributed by atoms with Gasteiger partial charge in [-0.2, -0.15) is 0 Å². The van der Waals surface area contributed by atoms with E-state index in [0.717, 1.165) is 23.4 Å². The summed E-state index contributed by atoms with van der Waals surface area (Å²) in [6.45, 7) is 6.38. The molecule has 0 radical (unpaired) electrons. The number of hydrogen-bond acceptors (Lipinski definition) is 3. The normalized spacial score (nSPS) is 17.1. The molecule has 6 nitrogen and oxygen atoms in total. The van der Waals surface area contributed by atoms with Gasteiger partial charge in [-0.05, 0) is 51.0 Å². The zero-order valence-corrected chi connectivity index (χ0v) is 14.2. The van der Waals surface area contributed by atoms with Crippen LogP contribution in [0, 0.1) is 6.92 Å². The van der Waals surface area contributed by atoms with E-state index in [2.05, 4.69) is 10.6 Å². The first-order valence-electron chi connectivity index (χ1n) is 7.92. The molecule has 126 valence electrons. The Labute approximate surface area is 137 Å². The van der Waals surface area contributed by atoms with Gasteiger partial charge in [0, 0.05) is 30.7 Å². The number of nitrogens with one attached hydrogen (secondary N) is 2. The summed E-state index contributed by atoms with van der Waals surface area (Å²) in [4.78, 5) is 25.7. The van der Waals surface area contributed by atoms with Crippen molar-refractivity contribution in [2.75, 3.05) is 19.0 Å². The molecule has 0 unspecified atom stereocenters. The third kappa shape index (κ3) is 4.37. The van der Waals surface area contributed by atoms with Crippen LogP contribution in [0.4, 0.5) is 10.5 Å². The van der Waals surface area contributed by atoms with E-state index in [-0.39, 0.29) is 24.0 Å². The first-order valence-corrected chi connectivity index (χ1v) is 7.92. The van der Waals surface area contributed by atoms with Crippen molar-refractivity contribution < 1.29 is 14.3 Å². The molecule has 0 aliphatic carbocycles. The van der Waals surface area contributed by atoms with Crippen molar-refractivity contribution in [1.29, 1.82) is 0 Å². The van der Waals surface area contributed by atoms with Crippen molar-refractivity contribution in [3.05, 3.63) is 23.8 Å². The topological polar surface area (TPSA) is 70.7 Å². The Kier molecular flexibility index (Phi) is 5.47. The van der Waals surface area contributed by atoms with Crippen LogP contribution in [-0.4, -0.2) is 42.6 Å². The van der Waals surface area contributed by atoms with Gasteiger partial charge in [0.1, 0.15) is 5.75 Å². The SMILES string of the molecule is COc1ccc(NC(=O)N(C[C@H]2CCC(=O)N2)C(C)C)c(C)c1. The van der Waals surface area contributed by atoms with Crippen molar-refractivity contribution in [2.24, 2.45) is 0 Å². The minimum Gasteiger partial charge on any atom is -0.497 e. The lowest BCUT2D eigenvalue weighted by molar-refractivity contribution is -0.119. The summed E-state index contributed by atoms with van der Waals surface area (Å²) in [5.41, 5.74) is 1.70. The molecule has 1 heterocycles. The third-order valence-corrected chi connectivity index (χ3v) is 4.06. The molecule has 3 amide bonds. The van der Waals surface area contributed by atoms with Crippen LogP contribution < -0.4 is 15.4 Å². The average Bonchev–Trinajstić information content (AvgIpc) is 2.91. The van der Waals surface area contributed by atoms with E-state index in [1.165, 1.54) is 0 Å². The van der Waals surface area contributed by atoms with Gasteiger partial charge in [0.2, 0.25) is 5.91 Å². The number of carbonyl (C=O) groups is 2. The van der Waals surface area contributed by atoms with Crippen LogP contribution in [0.25, 0.3) is 0 Å². The number of amides is 3. The van der Waals surface area contributed by atoms with E-state index >= 15 is 0 Å². The van der Waals surface area contributed by atoms with E-state index in [0.29, 0.717) is 13.0 Å². The quantitative estimate of drug-likeness (QED) is 0.876. The minimum atomic E-state index is -0.158. The number of nitrogens with zero attached hydrogens (tertiary/aromatic N) is 1. The van der Waals surface area contributed by atoms with Gasteiger partial charge in [0.25, 0.3) is 0 Å². The second kappa shape index (κ2) is 7.35. The molecule has 0 saturated carbocycles.